The molecule has 2 aromatic heterocycles. The maximum atomic E-state index is 11.9. The Hall–Kier alpha value is -2.49. The van der Waals surface area contributed by atoms with E-state index in [0.29, 0.717) is 12.2 Å². The lowest BCUT2D eigenvalue weighted by Crippen LogP contribution is -2.35. The Bertz CT molecular complexity index is 863. The molecule has 1 aliphatic rings. The molecular weight excluding hydrogens is 406 g/mol. The van der Waals surface area contributed by atoms with Gasteiger partial charge in [-0.05, 0) is 35.9 Å². The number of hydrogen-bond acceptors (Lipinski definition) is 7. The number of aromatic nitrogens is 1. The molecule has 0 bridgehead atoms. The summed E-state index contributed by atoms with van der Waals surface area (Å²) in [5, 5.41) is 12.6. The molecule has 0 radical (unpaired) electrons. The molecule has 1 unspecified atom stereocenters. The van der Waals surface area contributed by atoms with Crippen LogP contribution >= 0.6 is 0 Å². The lowest BCUT2D eigenvalue weighted by molar-refractivity contribution is -0.118. The van der Waals surface area contributed by atoms with Gasteiger partial charge in [-0.15, -0.1) is 0 Å². The first-order valence-electron chi connectivity index (χ1n) is 9.84. The minimum atomic E-state index is -1.36. The van der Waals surface area contributed by atoms with E-state index < -0.39 is 10.8 Å². The Labute approximate surface area is 178 Å². The third kappa shape index (κ3) is 7.74. The molecule has 0 spiro atoms. The number of morpholine rings is 1. The molecule has 1 saturated heterocycles. The quantitative estimate of drug-likeness (QED) is 0.548. The predicted octanol–water partition coefficient (Wildman–Crippen LogP) is 1.56. The van der Waals surface area contributed by atoms with E-state index in [2.05, 4.69) is 15.2 Å². The second kappa shape index (κ2) is 11.6. The van der Waals surface area contributed by atoms with Crippen molar-refractivity contribution in [3.63, 3.8) is 0 Å². The van der Waals surface area contributed by atoms with Crippen LogP contribution in [-0.4, -0.2) is 63.7 Å². The fourth-order valence-electron chi connectivity index (χ4n) is 3.04. The summed E-state index contributed by atoms with van der Waals surface area (Å²) in [5.41, 5.74) is 2.01. The molecule has 0 aromatic carbocycles. The molecule has 2 N–H and O–H groups in total. The zero-order valence-electron chi connectivity index (χ0n) is 16.8. The molecule has 1 atom stereocenters. The SMILES string of the molecule is O=C(CS(=O)Cc1ccco1)NC/C(O)=C/Cc1cc(CN2CCOCC2)ccn1. The van der Waals surface area contributed by atoms with E-state index >= 15 is 0 Å². The van der Waals surface area contributed by atoms with Gasteiger partial charge in [-0.3, -0.25) is 18.9 Å². The average Bonchev–Trinajstić information content (AvgIpc) is 3.24. The maximum Gasteiger partial charge on any atom is 0.233 e. The van der Waals surface area contributed by atoms with Gasteiger partial charge in [0, 0.05) is 48.7 Å². The highest BCUT2D eigenvalue weighted by Gasteiger charge is 2.12. The average molecular weight is 434 g/mol. The van der Waals surface area contributed by atoms with E-state index in [1.807, 2.05) is 12.1 Å². The molecule has 2 aromatic rings. The number of amides is 1. The summed E-state index contributed by atoms with van der Waals surface area (Å²) >= 11 is 0. The third-order valence-electron chi connectivity index (χ3n) is 4.58. The van der Waals surface area contributed by atoms with E-state index in [9.17, 15) is 14.1 Å². The van der Waals surface area contributed by atoms with Gasteiger partial charge >= 0.3 is 0 Å². The van der Waals surface area contributed by atoms with Crippen molar-refractivity contribution in [1.29, 1.82) is 0 Å². The van der Waals surface area contributed by atoms with Crippen molar-refractivity contribution in [1.82, 2.24) is 15.2 Å². The minimum Gasteiger partial charge on any atom is -0.511 e. The van der Waals surface area contributed by atoms with Crippen LogP contribution in [0.2, 0.25) is 0 Å². The number of hydrogen-bond donors (Lipinski definition) is 2. The normalized spacial score (nSPS) is 16.3. The van der Waals surface area contributed by atoms with E-state index in [0.717, 1.165) is 38.5 Å². The summed E-state index contributed by atoms with van der Waals surface area (Å²) in [4.78, 5) is 18.6. The van der Waals surface area contributed by atoms with Gasteiger partial charge in [0.25, 0.3) is 0 Å². The van der Waals surface area contributed by atoms with Crippen LogP contribution in [0.1, 0.15) is 17.0 Å². The van der Waals surface area contributed by atoms with E-state index in [1.165, 1.54) is 11.8 Å². The smallest absolute Gasteiger partial charge is 0.233 e. The van der Waals surface area contributed by atoms with Gasteiger partial charge in [-0.1, -0.05) is 0 Å². The summed E-state index contributed by atoms with van der Waals surface area (Å²) in [6.07, 6.45) is 5.36. The lowest BCUT2D eigenvalue weighted by atomic mass is 10.1. The van der Waals surface area contributed by atoms with Gasteiger partial charge in [-0.2, -0.15) is 0 Å². The van der Waals surface area contributed by atoms with E-state index in [-0.39, 0.29) is 29.7 Å². The topological polar surface area (TPSA) is 105 Å². The molecule has 8 nitrogen and oxygen atoms in total. The van der Waals surface area contributed by atoms with Crippen molar-refractivity contribution < 1.29 is 23.3 Å². The first kappa shape index (κ1) is 22.2. The second-order valence-electron chi connectivity index (χ2n) is 7.03. The first-order chi connectivity index (χ1) is 14.6. The van der Waals surface area contributed by atoms with E-state index in [4.69, 9.17) is 9.15 Å². The third-order valence-corrected chi connectivity index (χ3v) is 5.77. The zero-order chi connectivity index (χ0) is 21.2. The van der Waals surface area contributed by atoms with Crippen LogP contribution in [-0.2, 0) is 39.0 Å². The molecule has 3 heterocycles. The molecule has 1 aliphatic heterocycles. The van der Waals surface area contributed by atoms with Crippen LogP contribution in [0.3, 0.4) is 0 Å². The highest BCUT2D eigenvalue weighted by atomic mass is 32.2. The Morgan fingerprint density at radius 1 is 1.33 bits per heavy atom. The summed E-state index contributed by atoms with van der Waals surface area (Å²) in [6, 6.07) is 7.44. The number of allylic oxidation sites excluding steroid dienone is 1. The predicted molar refractivity (Wildman–Crippen MR) is 113 cm³/mol. The molecule has 30 heavy (non-hydrogen) atoms. The Balaban J connectivity index is 1.40. The highest BCUT2D eigenvalue weighted by molar-refractivity contribution is 7.84. The molecule has 0 aliphatic carbocycles. The number of carbonyl (C=O) groups excluding carboxylic acids is 1. The van der Waals surface area contributed by atoms with Crippen LogP contribution in [0.25, 0.3) is 0 Å². The summed E-state index contributed by atoms with van der Waals surface area (Å²) in [7, 11) is -1.36. The van der Waals surface area contributed by atoms with Crippen LogP contribution < -0.4 is 5.32 Å². The van der Waals surface area contributed by atoms with Crippen LogP contribution in [0.15, 0.2) is 53.0 Å². The summed E-state index contributed by atoms with van der Waals surface area (Å²) < 4.78 is 22.4. The fourth-order valence-corrected chi connectivity index (χ4v) is 4.02. The van der Waals surface area contributed by atoms with Gasteiger partial charge in [0.15, 0.2) is 0 Å². The molecule has 9 heteroatoms. The Morgan fingerprint density at radius 3 is 2.93 bits per heavy atom. The number of rotatable bonds is 10. The van der Waals surface area contributed by atoms with Crippen molar-refractivity contribution in [3.05, 3.63) is 65.6 Å². The minimum absolute atomic E-state index is 0.00967. The van der Waals surface area contributed by atoms with Crippen molar-refractivity contribution in [2.75, 3.05) is 38.6 Å². The van der Waals surface area contributed by atoms with Gasteiger partial charge in [0.1, 0.15) is 17.3 Å². The first-order valence-corrected chi connectivity index (χ1v) is 11.3. The number of nitrogens with zero attached hydrogens (tertiary/aromatic N) is 2. The van der Waals surface area contributed by atoms with Crippen molar-refractivity contribution in [2.45, 2.75) is 18.7 Å². The fraction of sp³-hybridized carbons (Fsp3) is 0.429. The van der Waals surface area contributed by atoms with Gasteiger partial charge < -0.3 is 19.6 Å². The molecule has 1 amide bonds. The van der Waals surface area contributed by atoms with E-state index in [1.54, 1.807) is 24.4 Å². The largest absolute Gasteiger partial charge is 0.511 e. The summed E-state index contributed by atoms with van der Waals surface area (Å²) in [5.74, 6) is 0.284. The number of aliphatic hydroxyl groups is 1. The second-order valence-corrected chi connectivity index (χ2v) is 8.49. The number of carbonyl (C=O) groups is 1. The van der Waals surface area contributed by atoms with Crippen LogP contribution in [0, 0.1) is 0 Å². The number of furan rings is 1. The monoisotopic (exact) mass is 433 g/mol. The van der Waals surface area contributed by atoms with Crippen molar-refractivity contribution >= 4 is 16.7 Å². The summed E-state index contributed by atoms with van der Waals surface area (Å²) in [6.45, 7) is 4.20. The van der Waals surface area contributed by atoms with Crippen molar-refractivity contribution in [2.24, 2.45) is 0 Å². The number of nitrogens with one attached hydrogen (secondary N) is 1. The van der Waals surface area contributed by atoms with Crippen LogP contribution in [0.5, 0.6) is 0 Å². The number of pyridine rings is 1. The molecule has 162 valence electrons. The van der Waals surface area contributed by atoms with Crippen molar-refractivity contribution in [3.8, 4) is 0 Å². The Kier molecular flexibility index (Phi) is 8.61. The highest BCUT2D eigenvalue weighted by Crippen LogP contribution is 2.09. The molecule has 0 saturated carbocycles. The molecule has 3 rings (SSSR count). The number of ether oxygens (including phenoxy) is 1. The molecule has 1 fully saturated rings. The molecular formula is C21H27N3O5S. The number of aliphatic hydroxyl groups excluding tert-OH is 1. The lowest BCUT2D eigenvalue weighted by Gasteiger charge is -2.26. The standard InChI is InChI=1S/C21H27N3O5S/c25-19(13-23-21(26)16-30(27)15-20-2-1-9-29-20)4-3-18-12-17(5-6-22-18)14-24-7-10-28-11-8-24/h1-2,4-6,9,12,25H,3,7-8,10-11,13-16H2,(H,23,26)/b19-4-. The van der Waals surface area contributed by atoms with Gasteiger partial charge in [0.2, 0.25) is 5.91 Å². The van der Waals surface area contributed by atoms with Gasteiger partial charge in [0.05, 0.1) is 31.8 Å². The Morgan fingerprint density at radius 2 is 2.17 bits per heavy atom. The maximum absolute atomic E-state index is 11.9. The zero-order valence-corrected chi connectivity index (χ0v) is 17.6. The van der Waals surface area contributed by atoms with Crippen LogP contribution in [0.4, 0.5) is 0 Å². The van der Waals surface area contributed by atoms with Gasteiger partial charge in [-0.25, -0.2) is 0 Å².